The van der Waals surface area contributed by atoms with E-state index in [9.17, 15) is 14.7 Å². The van der Waals surface area contributed by atoms with Gasteiger partial charge in [0.2, 0.25) is 0 Å². The van der Waals surface area contributed by atoms with Crippen molar-refractivity contribution < 1.29 is 18.7 Å². The van der Waals surface area contributed by atoms with Gasteiger partial charge in [0.1, 0.15) is 11.3 Å². The van der Waals surface area contributed by atoms with Gasteiger partial charge < -0.3 is 18.7 Å². The first-order valence-electron chi connectivity index (χ1n) is 12.9. The molecular weight excluding hydrogens is 496 g/mol. The van der Waals surface area contributed by atoms with Gasteiger partial charge in [-0.3, -0.25) is 9.80 Å². The number of para-hydroxylation sites is 1. The van der Waals surface area contributed by atoms with Crippen molar-refractivity contribution >= 4 is 21.9 Å². The van der Waals surface area contributed by atoms with Gasteiger partial charge in [-0.15, -0.1) is 0 Å². The highest BCUT2D eigenvalue weighted by Crippen LogP contribution is 2.35. The van der Waals surface area contributed by atoms with E-state index in [0.29, 0.717) is 39.8 Å². The van der Waals surface area contributed by atoms with Crippen molar-refractivity contribution in [1.82, 2.24) is 9.80 Å². The van der Waals surface area contributed by atoms with E-state index in [2.05, 4.69) is 34.1 Å². The number of phenols is 1. The fourth-order valence-corrected chi connectivity index (χ4v) is 5.28. The van der Waals surface area contributed by atoms with Crippen LogP contribution in [-0.2, 0) is 13.1 Å². The monoisotopic (exact) mass is 524 g/mol. The third-order valence-corrected chi connectivity index (χ3v) is 7.32. The van der Waals surface area contributed by atoms with Crippen molar-refractivity contribution in [3.05, 3.63) is 105 Å². The molecule has 3 heterocycles. The predicted octanol–water partition coefficient (Wildman–Crippen LogP) is 4.60. The van der Waals surface area contributed by atoms with Crippen molar-refractivity contribution in [1.29, 1.82) is 0 Å². The Labute approximate surface area is 224 Å². The van der Waals surface area contributed by atoms with Crippen LogP contribution >= 0.6 is 0 Å². The topological polar surface area (TPSA) is 96.4 Å². The summed E-state index contributed by atoms with van der Waals surface area (Å²) in [6, 6.07) is 22.0. The summed E-state index contributed by atoms with van der Waals surface area (Å²) in [4.78, 5) is 30.4. The van der Waals surface area contributed by atoms with Crippen LogP contribution < -0.4 is 16.0 Å². The first-order chi connectivity index (χ1) is 19.0. The van der Waals surface area contributed by atoms with Gasteiger partial charge in [-0.1, -0.05) is 42.5 Å². The fraction of sp³-hybridized carbons (Fsp3) is 0.226. The number of nitrogens with zero attached hydrogens (tertiary/aromatic N) is 2. The molecule has 198 valence electrons. The largest absolute Gasteiger partial charge is 0.507 e. The number of benzene rings is 3. The molecule has 2 aromatic heterocycles. The lowest BCUT2D eigenvalue weighted by Crippen LogP contribution is -2.45. The molecular formula is C31H28N2O6. The summed E-state index contributed by atoms with van der Waals surface area (Å²) >= 11 is 0. The van der Waals surface area contributed by atoms with E-state index in [-0.39, 0.29) is 16.9 Å². The van der Waals surface area contributed by atoms with Gasteiger partial charge in [0, 0.05) is 61.7 Å². The summed E-state index contributed by atoms with van der Waals surface area (Å²) in [5.41, 5.74) is 1.84. The standard InChI is InChI=1S/C31H28N2O6/c1-37-27-9-5-8-21-16-24(31(36)39-29(21)27)23-17-28(35)38-30-22(23)10-11-26(34)25(30)19-33-14-12-32(13-15-33)18-20-6-3-2-4-7-20/h2-11,16-17,34H,12-15,18-19H2,1H3. The number of methoxy groups -OCH3 is 1. The summed E-state index contributed by atoms with van der Waals surface area (Å²) in [7, 11) is 1.51. The van der Waals surface area contributed by atoms with E-state index in [0.717, 1.165) is 32.7 Å². The Balaban J connectivity index is 1.33. The highest BCUT2D eigenvalue weighted by atomic mass is 16.5. The lowest BCUT2D eigenvalue weighted by atomic mass is 9.99. The molecule has 0 unspecified atom stereocenters. The zero-order valence-electron chi connectivity index (χ0n) is 21.6. The Morgan fingerprint density at radius 3 is 2.28 bits per heavy atom. The van der Waals surface area contributed by atoms with Gasteiger partial charge in [-0.25, -0.2) is 9.59 Å². The van der Waals surface area contributed by atoms with E-state index in [1.165, 1.54) is 18.7 Å². The number of fused-ring (bicyclic) bond motifs is 2. The molecule has 1 aliphatic heterocycles. The molecule has 0 saturated carbocycles. The molecule has 39 heavy (non-hydrogen) atoms. The lowest BCUT2D eigenvalue weighted by Gasteiger charge is -2.34. The van der Waals surface area contributed by atoms with Crippen LogP contribution in [0.15, 0.2) is 91.2 Å². The fourth-order valence-electron chi connectivity index (χ4n) is 5.28. The summed E-state index contributed by atoms with van der Waals surface area (Å²) in [5.74, 6) is 0.495. The van der Waals surface area contributed by atoms with E-state index < -0.39 is 11.3 Å². The third-order valence-electron chi connectivity index (χ3n) is 7.32. The quantitative estimate of drug-likeness (QED) is 0.322. The Kier molecular flexibility index (Phi) is 6.64. The maximum atomic E-state index is 13.1. The predicted molar refractivity (Wildman–Crippen MR) is 149 cm³/mol. The molecule has 1 fully saturated rings. The Morgan fingerprint density at radius 2 is 1.54 bits per heavy atom. The first-order valence-corrected chi connectivity index (χ1v) is 12.9. The van der Waals surface area contributed by atoms with Crippen molar-refractivity contribution in [2.45, 2.75) is 13.1 Å². The summed E-state index contributed by atoms with van der Waals surface area (Å²) < 4.78 is 16.6. The molecule has 3 aromatic carbocycles. The van der Waals surface area contributed by atoms with Gasteiger partial charge in [-0.2, -0.15) is 0 Å². The van der Waals surface area contributed by atoms with Crippen LogP contribution in [0.25, 0.3) is 33.1 Å². The van der Waals surface area contributed by atoms with Crippen molar-refractivity contribution in [2.75, 3.05) is 33.3 Å². The molecule has 6 rings (SSSR count). The van der Waals surface area contributed by atoms with Gasteiger partial charge in [0.25, 0.3) is 0 Å². The van der Waals surface area contributed by atoms with E-state index in [4.69, 9.17) is 13.6 Å². The molecule has 0 aliphatic carbocycles. The van der Waals surface area contributed by atoms with Gasteiger partial charge in [-0.05, 0) is 29.8 Å². The van der Waals surface area contributed by atoms with Crippen LogP contribution in [0, 0.1) is 0 Å². The minimum Gasteiger partial charge on any atom is -0.507 e. The average Bonchev–Trinajstić information content (AvgIpc) is 2.95. The van der Waals surface area contributed by atoms with Gasteiger partial charge in [0.15, 0.2) is 11.3 Å². The van der Waals surface area contributed by atoms with Gasteiger partial charge >= 0.3 is 11.3 Å². The van der Waals surface area contributed by atoms with Crippen molar-refractivity contribution in [2.24, 2.45) is 0 Å². The van der Waals surface area contributed by atoms with Crippen LogP contribution in [0.4, 0.5) is 0 Å². The van der Waals surface area contributed by atoms with Crippen molar-refractivity contribution in [3.63, 3.8) is 0 Å². The number of rotatable bonds is 6. The molecule has 0 amide bonds. The molecule has 0 atom stereocenters. The summed E-state index contributed by atoms with van der Waals surface area (Å²) in [6.45, 7) is 4.70. The number of phenolic OH excluding ortho intramolecular Hbond substituents is 1. The minimum atomic E-state index is -0.609. The van der Waals surface area contributed by atoms with Crippen LogP contribution in [0.3, 0.4) is 0 Å². The molecule has 8 heteroatoms. The molecule has 0 spiro atoms. The maximum Gasteiger partial charge on any atom is 0.344 e. The first kappa shape index (κ1) is 24.9. The number of hydrogen-bond donors (Lipinski definition) is 1. The van der Waals surface area contributed by atoms with E-state index >= 15 is 0 Å². The Hall–Kier alpha value is -4.40. The van der Waals surface area contributed by atoms with Crippen LogP contribution in [0.5, 0.6) is 11.5 Å². The number of piperazine rings is 1. The highest BCUT2D eigenvalue weighted by Gasteiger charge is 2.22. The Morgan fingerprint density at radius 1 is 0.795 bits per heavy atom. The second-order valence-corrected chi connectivity index (χ2v) is 9.78. The summed E-state index contributed by atoms with van der Waals surface area (Å²) in [6.07, 6.45) is 0. The highest BCUT2D eigenvalue weighted by molar-refractivity contribution is 5.97. The lowest BCUT2D eigenvalue weighted by molar-refractivity contribution is 0.121. The molecule has 0 bridgehead atoms. The zero-order valence-corrected chi connectivity index (χ0v) is 21.6. The molecule has 1 N–H and O–H groups in total. The van der Waals surface area contributed by atoms with Crippen molar-refractivity contribution in [3.8, 4) is 22.6 Å². The second-order valence-electron chi connectivity index (χ2n) is 9.78. The SMILES string of the molecule is COc1cccc2cc(-c3cc(=O)oc4c(CN5CCN(Cc6ccccc6)CC5)c(O)ccc34)c(=O)oc12. The smallest absolute Gasteiger partial charge is 0.344 e. The summed E-state index contributed by atoms with van der Waals surface area (Å²) in [5, 5.41) is 12.0. The second kappa shape index (κ2) is 10.4. The molecule has 5 aromatic rings. The van der Waals surface area contributed by atoms with E-state index in [1.807, 2.05) is 12.1 Å². The Bertz CT molecular complexity index is 1770. The number of ether oxygens (including phenoxy) is 1. The molecule has 0 radical (unpaired) electrons. The molecule has 1 aliphatic rings. The third kappa shape index (κ3) is 4.92. The van der Waals surface area contributed by atoms with Crippen LogP contribution in [0.2, 0.25) is 0 Å². The average molecular weight is 525 g/mol. The molecule has 8 nitrogen and oxygen atoms in total. The van der Waals surface area contributed by atoms with Crippen LogP contribution in [0.1, 0.15) is 11.1 Å². The normalized spacial score (nSPS) is 14.7. The van der Waals surface area contributed by atoms with Crippen LogP contribution in [-0.4, -0.2) is 48.2 Å². The molecule has 1 saturated heterocycles. The number of aromatic hydroxyl groups is 1. The maximum absolute atomic E-state index is 13.1. The van der Waals surface area contributed by atoms with Gasteiger partial charge in [0.05, 0.1) is 18.2 Å². The van der Waals surface area contributed by atoms with E-state index in [1.54, 1.807) is 30.3 Å². The zero-order chi connectivity index (χ0) is 26.9. The number of hydrogen-bond acceptors (Lipinski definition) is 8. The minimum absolute atomic E-state index is 0.0461.